The number of nitrogens with one attached hydrogen (secondary N) is 2. The summed E-state index contributed by atoms with van der Waals surface area (Å²) in [6.45, 7) is 0. The zero-order valence-electron chi connectivity index (χ0n) is 17.9. The van der Waals surface area contributed by atoms with Crippen LogP contribution in [0.25, 0.3) is 11.0 Å². The van der Waals surface area contributed by atoms with Crippen molar-refractivity contribution in [2.24, 2.45) is 0 Å². The van der Waals surface area contributed by atoms with Gasteiger partial charge in [-0.15, -0.1) is 0 Å². The number of methoxy groups -OCH3 is 2. The van der Waals surface area contributed by atoms with Crippen LogP contribution < -0.4 is 25.5 Å². The number of benzene rings is 3. The summed E-state index contributed by atoms with van der Waals surface area (Å²) in [5.74, 6) is -0.497. The largest absolute Gasteiger partial charge is 0.497 e. The van der Waals surface area contributed by atoms with E-state index in [-0.39, 0.29) is 22.4 Å². The lowest BCUT2D eigenvalue weighted by Crippen LogP contribution is -2.25. The first-order valence-corrected chi connectivity index (χ1v) is 9.97. The smallest absolute Gasteiger partial charge is 0.265 e. The SMILES string of the molecule is COc1ccc(C(=O)Nc2oc3cc(OC)ccc3c(=O)c2C(=O)Nc2ccccc2)cc1. The van der Waals surface area contributed by atoms with Gasteiger partial charge in [0, 0.05) is 17.3 Å². The van der Waals surface area contributed by atoms with Crippen LogP contribution in [-0.2, 0) is 0 Å². The molecule has 2 amide bonds. The Morgan fingerprint density at radius 1 is 0.788 bits per heavy atom. The summed E-state index contributed by atoms with van der Waals surface area (Å²) in [7, 11) is 3.00. The molecule has 8 nitrogen and oxygen atoms in total. The Morgan fingerprint density at radius 2 is 1.45 bits per heavy atom. The highest BCUT2D eigenvalue weighted by Crippen LogP contribution is 2.25. The molecule has 0 unspecified atom stereocenters. The predicted octanol–water partition coefficient (Wildman–Crippen LogP) is 4.31. The van der Waals surface area contributed by atoms with Crippen LogP contribution in [0.3, 0.4) is 0 Å². The van der Waals surface area contributed by atoms with Crippen LogP contribution in [-0.4, -0.2) is 26.0 Å². The minimum absolute atomic E-state index is 0.167. The number of fused-ring (bicyclic) bond motifs is 1. The van der Waals surface area contributed by atoms with Gasteiger partial charge < -0.3 is 19.2 Å². The minimum Gasteiger partial charge on any atom is -0.497 e. The fourth-order valence-corrected chi connectivity index (χ4v) is 3.23. The standard InChI is InChI=1S/C25H20N2O6/c1-31-17-10-8-15(9-11-17)23(29)27-25-21(24(30)26-16-6-4-3-5-7-16)22(28)19-13-12-18(32-2)14-20(19)33-25/h3-14H,1-2H3,(H,26,30)(H,27,29). The molecule has 2 N–H and O–H groups in total. The Bertz CT molecular complexity index is 1380. The summed E-state index contributed by atoms with van der Waals surface area (Å²) >= 11 is 0. The molecule has 0 atom stereocenters. The molecule has 0 saturated heterocycles. The molecule has 1 heterocycles. The molecule has 3 aromatic carbocycles. The molecule has 8 heteroatoms. The van der Waals surface area contributed by atoms with Crippen LogP contribution in [0.5, 0.6) is 11.5 Å². The monoisotopic (exact) mass is 444 g/mol. The highest BCUT2D eigenvalue weighted by atomic mass is 16.5. The number of anilines is 2. The number of carbonyl (C=O) groups is 2. The van der Waals surface area contributed by atoms with Crippen molar-refractivity contribution >= 4 is 34.4 Å². The Hall–Kier alpha value is -4.59. The number of amides is 2. The molecule has 0 aliphatic carbocycles. The van der Waals surface area contributed by atoms with Gasteiger partial charge in [0.1, 0.15) is 22.6 Å². The van der Waals surface area contributed by atoms with E-state index in [1.54, 1.807) is 60.7 Å². The second kappa shape index (κ2) is 9.27. The van der Waals surface area contributed by atoms with Crippen LogP contribution in [0.15, 0.2) is 82.0 Å². The van der Waals surface area contributed by atoms with Crippen LogP contribution in [0, 0.1) is 0 Å². The van der Waals surface area contributed by atoms with Gasteiger partial charge in [-0.1, -0.05) is 18.2 Å². The van der Waals surface area contributed by atoms with Crippen molar-refractivity contribution in [3.05, 3.63) is 94.1 Å². The average Bonchev–Trinajstić information content (AvgIpc) is 2.84. The maximum Gasteiger partial charge on any atom is 0.265 e. The number of hydrogen-bond acceptors (Lipinski definition) is 6. The fraction of sp³-hybridized carbons (Fsp3) is 0.0800. The third-order valence-electron chi connectivity index (χ3n) is 4.94. The van der Waals surface area contributed by atoms with Gasteiger partial charge in [-0.05, 0) is 48.5 Å². The maximum absolute atomic E-state index is 13.3. The molecule has 4 aromatic rings. The summed E-state index contributed by atoms with van der Waals surface area (Å²) in [5.41, 5.74) is 0.0409. The molecule has 4 rings (SSSR count). The van der Waals surface area contributed by atoms with E-state index in [4.69, 9.17) is 13.9 Å². The van der Waals surface area contributed by atoms with Crippen LogP contribution in [0.4, 0.5) is 11.6 Å². The van der Waals surface area contributed by atoms with Gasteiger partial charge in [0.25, 0.3) is 11.8 Å². The van der Waals surface area contributed by atoms with Gasteiger partial charge in [-0.2, -0.15) is 0 Å². The second-order valence-corrected chi connectivity index (χ2v) is 7.00. The van der Waals surface area contributed by atoms with E-state index in [9.17, 15) is 14.4 Å². The van der Waals surface area contributed by atoms with Crippen molar-refractivity contribution in [2.45, 2.75) is 0 Å². The highest BCUT2D eigenvalue weighted by molar-refractivity contribution is 6.12. The molecule has 1 aromatic heterocycles. The fourth-order valence-electron chi connectivity index (χ4n) is 3.23. The molecule has 0 bridgehead atoms. The average molecular weight is 444 g/mol. The lowest BCUT2D eigenvalue weighted by molar-refractivity contribution is 0.102. The van der Waals surface area contributed by atoms with Crippen molar-refractivity contribution in [3.63, 3.8) is 0 Å². The topological polar surface area (TPSA) is 107 Å². The maximum atomic E-state index is 13.3. The van der Waals surface area contributed by atoms with Crippen LogP contribution in [0.1, 0.15) is 20.7 Å². The zero-order chi connectivity index (χ0) is 23.4. The molecule has 0 aliphatic rings. The van der Waals surface area contributed by atoms with Crippen LogP contribution >= 0.6 is 0 Å². The quantitative estimate of drug-likeness (QED) is 0.459. The van der Waals surface area contributed by atoms with Crippen molar-refractivity contribution < 1.29 is 23.5 Å². The molecule has 0 radical (unpaired) electrons. The van der Waals surface area contributed by atoms with E-state index >= 15 is 0 Å². The Balaban J connectivity index is 1.78. The first-order valence-electron chi connectivity index (χ1n) is 9.97. The predicted molar refractivity (Wildman–Crippen MR) is 124 cm³/mol. The summed E-state index contributed by atoms with van der Waals surface area (Å²) in [5, 5.41) is 5.39. The molecule has 0 fully saturated rings. The van der Waals surface area contributed by atoms with Gasteiger partial charge >= 0.3 is 0 Å². The van der Waals surface area contributed by atoms with E-state index in [0.717, 1.165) is 0 Å². The van der Waals surface area contributed by atoms with Gasteiger partial charge in [-0.25, -0.2) is 0 Å². The Labute approximate surface area is 188 Å². The number of hydrogen-bond donors (Lipinski definition) is 2. The van der Waals surface area contributed by atoms with Gasteiger partial charge in [0.05, 0.1) is 19.6 Å². The second-order valence-electron chi connectivity index (χ2n) is 7.00. The summed E-state index contributed by atoms with van der Waals surface area (Å²) in [4.78, 5) is 39.2. The number of rotatable bonds is 6. The van der Waals surface area contributed by atoms with Gasteiger partial charge in [0.2, 0.25) is 11.3 Å². The summed E-state index contributed by atoms with van der Waals surface area (Å²) < 4.78 is 16.1. The number of para-hydroxylation sites is 1. The van der Waals surface area contributed by atoms with Crippen LogP contribution in [0.2, 0.25) is 0 Å². The van der Waals surface area contributed by atoms with Gasteiger partial charge in [0.15, 0.2) is 0 Å². The van der Waals surface area contributed by atoms with E-state index < -0.39 is 17.2 Å². The normalized spacial score (nSPS) is 10.5. The van der Waals surface area contributed by atoms with E-state index in [0.29, 0.717) is 22.7 Å². The molecule has 0 aliphatic heterocycles. The molecule has 166 valence electrons. The lowest BCUT2D eigenvalue weighted by Gasteiger charge is -2.12. The van der Waals surface area contributed by atoms with Crippen molar-refractivity contribution in [1.29, 1.82) is 0 Å². The van der Waals surface area contributed by atoms with E-state index in [1.165, 1.54) is 26.4 Å². The number of ether oxygens (including phenoxy) is 2. The molecule has 33 heavy (non-hydrogen) atoms. The molecule has 0 spiro atoms. The van der Waals surface area contributed by atoms with Crippen molar-refractivity contribution in [2.75, 3.05) is 24.9 Å². The highest BCUT2D eigenvalue weighted by Gasteiger charge is 2.23. The Morgan fingerprint density at radius 3 is 2.12 bits per heavy atom. The molecular weight excluding hydrogens is 424 g/mol. The zero-order valence-corrected chi connectivity index (χ0v) is 17.9. The number of carbonyl (C=O) groups excluding carboxylic acids is 2. The first kappa shape index (κ1) is 21.6. The third kappa shape index (κ3) is 4.54. The van der Waals surface area contributed by atoms with Gasteiger partial charge in [-0.3, -0.25) is 19.7 Å². The van der Waals surface area contributed by atoms with E-state index in [1.807, 2.05) is 0 Å². The first-order chi connectivity index (χ1) is 16.0. The summed E-state index contributed by atoms with van der Waals surface area (Å²) in [6.07, 6.45) is 0. The summed E-state index contributed by atoms with van der Waals surface area (Å²) in [6, 6.07) is 19.6. The molecular formula is C25H20N2O6. The third-order valence-corrected chi connectivity index (χ3v) is 4.94. The van der Waals surface area contributed by atoms with Crippen molar-refractivity contribution in [3.8, 4) is 11.5 Å². The minimum atomic E-state index is -0.710. The lowest BCUT2D eigenvalue weighted by atomic mass is 10.1. The Kier molecular flexibility index (Phi) is 6.08. The van der Waals surface area contributed by atoms with Crippen molar-refractivity contribution in [1.82, 2.24) is 0 Å². The van der Waals surface area contributed by atoms with E-state index in [2.05, 4.69) is 10.6 Å². The molecule has 0 saturated carbocycles.